The molecule has 0 bridgehead atoms. The zero-order chi connectivity index (χ0) is 19.1. The monoisotopic (exact) mass is 382 g/mol. The van der Waals surface area contributed by atoms with E-state index in [0.717, 1.165) is 24.1 Å². The third-order valence-corrected chi connectivity index (χ3v) is 4.80. The first kappa shape index (κ1) is 19.1. The van der Waals surface area contributed by atoms with Crippen molar-refractivity contribution in [3.05, 3.63) is 59.9 Å². The van der Waals surface area contributed by atoms with Gasteiger partial charge >= 0.3 is 0 Å². The first-order valence-electron chi connectivity index (χ1n) is 8.85. The number of aromatic nitrogens is 3. The molecule has 0 aliphatic heterocycles. The number of amides is 1. The summed E-state index contributed by atoms with van der Waals surface area (Å²) in [6.07, 6.45) is 4.25. The predicted molar refractivity (Wildman–Crippen MR) is 105 cm³/mol. The Hall–Kier alpha value is -2.67. The molecule has 27 heavy (non-hydrogen) atoms. The lowest BCUT2D eigenvalue weighted by Crippen LogP contribution is -2.32. The maximum Gasteiger partial charge on any atom is 0.277 e. The Morgan fingerprint density at radius 1 is 1.11 bits per heavy atom. The van der Waals surface area contributed by atoms with Gasteiger partial charge in [0.15, 0.2) is 0 Å². The molecule has 1 amide bonds. The number of thioether (sulfide) groups is 1. The molecule has 0 N–H and O–H groups in total. The van der Waals surface area contributed by atoms with E-state index in [2.05, 4.69) is 53.3 Å². The molecule has 0 spiro atoms. The molecule has 0 saturated carbocycles. The van der Waals surface area contributed by atoms with Crippen molar-refractivity contribution in [2.75, 3.05) is 12.3 Å². The van der Waals surface area contributed by atoms with Crippen molar-refractivity contribution < 1.29 is 9.21 Å². The largest absolute Gasteiger partial charge is 0.411 e. The highest BCUT2D eigenvalue weighted by Crippen LogP contribution is 2.23. The Kier molecular flexibility index (Phi) is 6.59. The molecule has 0 fully saturated rings. The van der Waals surface area contributed by atoms with Crippen LogP contribution < -0.4 is 0 Å². The van der Waals surface area contributed by atoms with Crippen molar-refractivity contribution in [3.8, 4) is 11.5 Å². The lowest BCUT2D eigenvalue weighted by atomic mass is 10.1. The summed E-state index contributed by atoms with van der Waals surface area (Å²) < 4.78 is 5.63. The molecule has 7 heteroatoms. The van der Waals surface area contributed by atoms with Crippen molar-refractivity contribution in [2.45, 2.75) is 32.0 Å². The van der Waals surface area contributed by atoms with Crippen molar-refractivity contribution in [3.63, 3.8) is 0 Å². The summed E-state index contributed by atoms with van der Waals surface area (Å²) >= 11 is 1.26. The van der Waals surface area contributed by atoms with Gasteiger partial charge < -0.3 is 9.32 Å². The van der Waals surface area contributed by atoms with Gasteiger partial charge in [0.2, 0.25) is 11.8 Å². The van der Waals surface area contributed by atoms with Crippen LogP contribution in [0, 0.1) is 6.92 Å². The van der Waals surface area contributed by atoms with E-state index in [1.54, 1.807) is 24.5 Å². The molecular weight excluding hydrogens is 360 g/mol. The number of benzene rings is 1. The number of rotatable bonds is 8. The fraction of sp³-hybridized carbons (Fsp3) is 0.300. The summed E-state index contributed by atoms with van der Waals surface area (Å²) in [4.78, 5) is 18.5. The molecular formula is C20H22N4O2S. The Labute approximate surface area is 163 Å². The van der Waals surface area contributed by atoms with E-state index < -0.39 is 0 Å². The van der Waals surface area contributed by atoms with E-state index >= 15 is 0 Å². The number of carbonyl (C=O) groups excluding carboxylic acids is 1. The third kappa shape index (κ3) is 5.40. The lowest BCUT2D eigenvalue weighted by Gasteiger charge is -2.22. The third-order valence-electron chi connectivity index (χ3n) is 3.99. The van der Waals surface area contributed by atoms with Crippen molar-refractivity contribution in [1.29, 1.82) is 0 Å². The van der Waals surface area contributed by atoms with Gasteiger partial charge in [-0.05, 0) is 31.0 Å². The highest BCUT2D eigenvalue weighted by molar-refractivity contribution is 7.99. The lowest BCUT2D eigenvalue weighted by molar-refractivity contribution is -0.129. The molecule has 0 saturated heterocycles. The number of pyridine rings is 1. The Balaban J connectivity index is 1.59. The molecule has 2 aromatic heterocycles. The fourth-order valence-electron chi connectivity index (χ4n) is 2.57. The van der Waals surface area contributed by atoms with Gasteiger partial charge in [0.1, 0.15) is 0 Å². The van der Waals surface area contributed by atoms with Crippen molar-refractivity contribution in [2.24, 2.45) is 0 Å². The summed E-state index contributed by atoms with van der Waals surface area (Å²) in [7, 11) is 0. The Bertz CT molecular complexity index is 865. The van der Waals surface area contributed by atoms with Crippen LogP contribution in [0.15, 0.2) is 58.4 Å². The predicted octanol–water partition coefficient (Wildman–Crippen LogP) is 3.97. The Morgan fingerprint density at radius 2 is 1.85 bits per heavy atom. The molecule has 0 atom stereocenters. The molecule has 0 aliphatic carbocycles. The average Bonchev–Trinajstić information content (AvgIpc) is 3.17. The van der Waals surface area contributed by atoms with Gasteiger partial charge in [-0.2, -0.15) is 0 Å². The van der Waals surface area contributed by atoms with E-state index in [1.807, 2.05) is 4.90 Å². The van der Waals surface area contributed by atoms with Crippen LogP contribution in [0.1, 0.15) is 24.5 Å². The highest BCUT2D eigenvalue weighted by atomic mass is 32.2. The van der Waals surface area contributed by atoms with E-state index in [-0.39, 0.29) is 11.7 Å². The molecule has 140 valence electrons. The second-order valence-corrected chi connectivity index (χ2v) is 7.13. The van der Waals surface area contributed by atoms with Crippen LogP contribution in [0.2, 0.25) is 0 Å². The molecule has 2 heterocycles. The van der Waals surface area contributed by atoms with Crippen LogP contribution in [-0.2, 0) is 11.3 Å². The van der Waals surface area contributed by atoms with Crippen LogP contribution >= 0.6 is 11.8 Å². The maximum absolute atomic E-state index is 12.7. The zero-order valence-electron chi connectivity index (χ0n) is 15.5. The fourth-order valence-corrected chi connectivity index (χ4v) is 3.24. The van der Waals surface area contributed by atoms with E-state index in [4.69, 9.17) is 4.42 Å². The van der Waals surface area contributed by atoms with Crippen molar-refractivity contribution >= 4 is 17.7 Å². The van der Waals surface area contributed by atoms with Gasteiger partial charge in [-0.15, -0.1) is 10.2 Å². The van der Waals surface area contributed by atoms with Crippen LogP contribution in [0.25, 0.3) is 11.5 Å². The summed E-state index contributed by atoms with van der Waals surface area (Å²) in [5.74, 6) is 0.757. The first-order chi connectivity index (χ1) is 13.2. The van der Waals surface area contributed by atoms with E-state index in [1.165, 1.54) is 17.3 Å². The molecule has 3 rings (SSSR count). The minimum Gasteiger partial charge on any atom is -0.411 e. The number of carbonyl (C=O) groups is 1. The van der Waals surface area contributed by atoms with Crippen LogP contribution in [0.3, 0.4) is 0 Å². The average molecular weight is 382 g/mol. The smallest absolute Gasteiger partial charge is 0.277 e. The molecule has 0 unspecified atom stereocenters. The summed E-state index contributed by atoms with van der Waals surface area (Å²) in [6.45, 7) is 5.46. The Morgan fingerprint density at radius 3 is 2.56 bits per heavy atom. The second kappa shape index (κ2) is 9.32. The number of hydrogen-bond acceptors (Lipinski definition) is 6. The summed E-state index contributed by atoms with van der Waals surface area (Å²) in [5, 5.41) is 8.44. The van der Waals surface area contributed by atoms with E-state index in [0.29, 0.717) is 17.7 Å². The number of aryl methyl sites for hydroxylation is 1. The SMILES string of the molecule is CCCN(Cc1ccc(C)cc1)C(=O)CSc1nnc(-c2ccncc2)o1. The van der Waals surface area contributed by atoms with Crippen LogP contribution in [-0.4, -0.2) is 38.3 Å². The molecule has 0 aliphatic rings. The normalized spacial score (nSPS) is 10.7. The highest BCUT2D eigenvalue weighted by Gasteiger charge is 2.16. The number of nitrogens with zero attached hydrogens (tertiary/aromatic N) is 4. The minimum absolute atomic E-state index is 0.0612. The zero-order valence-corrected chi connectivity index (χ0v) is 16.3. The van der Waals surface area contributed by atoms with Gasteiger partial charge in [0.05, 0.1) is 5.75 Å². The van der Waals surface area contributed by atoms with Crippen molar-refractivity contribution in [1.82, 2.24) is 20.1 Å². The van der Waals surface area contributed by atoms with Crippen LogP contribution in [0.5, 0.6) is 0 Å². The summed E-state index contributed by atoms with van der Waals surface area (Å²) in [5.41, 5.74) is 3.15. The molecule has 3 aromatic rings. The summed E-state index contributed by atoms with van der Waals surface area (Å²) in [6, 6.07) is 11.9. The minimum atomic E-state index is 0.0612. The van der Waals surface area contributed by atoms with Gasteiger partial charge in [0.25, 0.3) is 5.22 Å². The van der Waals surface area contributed by atoms with Gasteiger partial charge in [-0.3, -0.25) is 9.78 Å². The van der Waals surface area contributed by atoms with Gasteiger partial charge in [0, 0.05) is 31.0 Å². The maximum atomic E-state index is 12.7. The number of hydrogen-bond donors (Lipinski definition) is 0. The first-order valence-corrected chi connectivity index (χ1v) is 9.84. The topological polar surface area (TPSA) is 72.1 Å². The molecule has 0 radical (unpaired) electrons. The van der Waals surface area contributed by atoms with Gasteiger partial charge in [-0.1, -0.05) is 48.5 Å². The molecule has 1 aromatic carbocycles. The quantitative estimate of drug-likeness (QED) is 0.549. The van der Waals surface area contributed by atoms with E-state index in [9.17, 15) is 4.79 Å². The molecule has 6 nitrogen and oxygen atoms in total. The van der Waals surface area contributed by atoms with Crippen LogP contribution in [0.4, 0.5) is 0 Å². The van der Waals surface area contributed by atoms with Gasteiger partial charge in [-0.25, -0.2) is 0 Å². The second-order valence-electron chi connectivity index (χ2n) is 6.20. The standard InChI is InChI=1S/C20H22N4O2S/c1-3-12-24(13-16-6-4-15(2)5-7-16)18(25)14-27-20-23-22-19(26-20)17-8-10-21-11-9-17/h4-11H,3,12-14H2,1-2H3.